The van der Waals surface area contributed by atoms with Gasteiger partial charge in [0.15, 0.2) is 0 Å². The molecule has 0 amide bonds. The summed E-state index contributed by atoms with van der Waals surface area (Å²) < 4.78 is 4.10. The summed E-state index contributed by atoms with van der Waals surface area (Å²) in [6, 6.07) is 21.6. The standard InChI is InChI=1S/2C7H7.2C3H7NS2.Sn/c2*1-7-5-3-2-4-6-7;2*1-4(2)3(5)6;/h2*2-6H,1H2;2*1-2H3,(H,5,6);/q;;;;+2/p-2. The van der Waals surface area contributed by atoms with E-state index in [0.717, 1.165) is 17.5 Å². The van der Waals surface area contributed by atoms with Crippen LogP contribution in [0.2, 0.25) is 0 Å². The van der Waals surface area contributed by atoms with Crippen molar-refractivity contribution in [3.8, 4) is 0 Å². The Kier molecular flexibility index (Phi) is 9.41. The fourth-order valence-electron chi connectivity index (χ4n) is 2.54. The van der Waals surface area contributed by atoms with Crippen molar-refractivity contribution >= 4 is 66.6 Å². The van der Waals surface area contributed by atoms with Crippen molar-refractivity contribution in [1.29, 1.82) is 0 Å². The average molecular weight is 541 g/mol. The zero-order chi connectivity index (χ0) is 19.9. The summed E-state index contributed by atoms with van der Waals surface area (Å²) in [5.41, 5.74) is 2.76. The molecule has 0 fully saturated rings. The van der Waals surface area contributed by atoms with Gasteiger partial charge in [-0.3, -0.25) is 0 Å². The molecule has 144 valence electrons. The van der Waals surface area contributed by atoms with Crippen molar-refractivity contribution < 1.29 is 0 Å². The van der Waals surface area contributed by atoms with Crippen molar-refractivity contribution in [2.75, 3.05) is 28.2 Å². The van der Waals surface area contributed by atoms with Crippen molar-refractivity contribution in [2.24, 2.45) is 0 Å². The van der Waals surface area contributed by atoms with Gasteiger partial charge in [0, 0.05) is 0 Å². The van der Waals surface area contributed by atoms with Gasteiger partial charge in [0.25, 0.3) is 0 Å². The minimum absolute atomic E-state index is 0.965. The quantitative estimate of drug-likeness (QED) is 0.366. The molecule has 0 aliphatic carbocycles. The van der Waals surface area contributed by atoms with E-state index in [0.29, 0.717) is 0 Å². The molecule has 0 spiro atoms. The van der Waals surface area contributed by atoms with Gasteiger partial charge in [-0.1, -0.05) is 0 Å². The van der Waals surface area contributed by atoms with E-state index >= 15 is 0 Å². The first kappa shape index (κ1) is 23.0. The van der Waals surface area contributed by atoms with Crippen LogP contribution in [0.4, 0.5) is 0 Å². The van der Waals surface area contributed by atoms with Gasteiger partial charge in [0.2, 0.25) is 0 Å². The molecule has 7 heteroatoms. The van der Waals surface area contributed by atoms with Gasteiger partial charge < -0.3 is 0 Å². The van der Waals surface area contributed by atoms with Crippen LogP contribution in [0.15, 0.2) is 60.7 Å². The third kappa shape index (κ3) is 7.57. The maximum atomic E-state index is 5.75. The van der Waals surface area contributed by atoms with Crippen LogP contribution in [0.25, 0.3) is 0 Å². The van der Waals surface area contributed by atoms with Crippen molar-refractivity contribution in [3.05, 3.63) is 71.8 Å². The van der Waals surface area contributed by atoms with Crippen LogP contribution < -0.4 is 0 Å². The Balaban J connectivity index is 2.44. The molecule has 0 aliphatic heterocycles. The van der Waals surface area contributed by atoms with Crippen molar-refractivity contribution in [2.45, 2.75) is 8.87 Å². The van der Waals surface area contributed by atoms with E-state index in [1.807, 2.05) is 46.1 Å². The zero-order valence-corrected chi connectivity index (χ0v) is 22.3. The Morgan fingerprint density at radius 1 is 0.704 bits per heavy atom. The Morgan fingerprint density at radius 2 is 1.04 bits per heavy atom. The molecule has 2 aromatic rings. The molecular weight excluding hydrogens is 515 g/mol. The van der Waals surface area contributed by atoms with Gasteiger partial charge in [-0.25, -0.2) is 0 Å². The number of nitrogens with zero attached hydrogens (tertiary/aromatic N) is 2. The van der Waals surface area contributed by atoms with E-state index in [1.165, 1.54) is 11.1 Å². The van der Waals surface area contributed by atoms with E-state index in [1.54, 1.807) is 0 Å². The first-order valence-electron chi connectivity index (χ1n) is 8.70. The molecule has 0 atom stereocenters. The first-order valence-corrected chi connectivity index (χ1v) is 22.2. The van der Waals surface area contributed by atoms with Crippen LogP contribution in [0.1, 0.15) is 11.1 Å². The molecule has 0 aliphatic rings. The fraction of sp³-hybridized carbons (Fsp3) is 0.300. The Bertz CT molecular complexity index is 686. The second-order valence-corrected chi connectivity index (χ2v) is 32.2. The van der Waals surface area contributed by atoms with E-state index in [4.69, 9.17) is 24.4 Å². The van der Waals surface area contributed by atoms with Gasteiger partial charge in [0.05, 0.1) is 0 Å². The molecule has 0 heterocycles. The topological polar surface area (TPSA) is 6.48 Å². The molecule has 0 aromatic heterocycles. The molecule has 0 saturated heterocycles. The molecule has 2 rings (SSSR count). The Morgan fingerprint density at radius 3 is 1.33 bits per heavy atom. The summed E-state index contributed by atoms with van der Waals surface area (Å²) >= 11 is 8.49. The molecule has 2 nitrogen and oxygen atoms in total. The monoisotopic (exact) mass is 542 g/mol. The SMILES string of the molecule is CN(C)C(=S)[S][Sn]([CH2]c1ccccc1)([CH2]c1ccccc1)[S]C(=S)N(C)C. The second kappa shape index (κ2) is 11.0. The van der Waals surface area contributed by atoms with Gasteiger partial charge in [-0.2, -0.15) is 0 Å². The van der Waals surface area contributed by atoms with Gasteiger partial charge in [0.1, 0.15) is 0 Å². The molecular formula is C20H26N2S4Sn. The van der Waals surface area contributed by atoms with E-state index in [9.17, 15) is 0 Å². The van der Waals surface area contributed by atoms with Crippen LogP contribution in [-0.2, 0) is 8.87 Å². The minimum atomic E-state index is -3.01. The van der Waals surface area contributed by atoms with Crippen molar-refractivity contribution in [1.82, 2.24) is 9.80 Å². The Labute approximate surface area is 183 Å². The zero-order valence-electron chi connectivity index (χ0n) is 16.2. The Hall–Kier alpha value is -0.281. The van der Waals surface area contributed by atoms with Crippen LogP contribution in [-0.4, -0.2) is 62.2 Å². The predicted molar refractivity (Wildman–Crippen MR) is 134 cm³/mol. The van der Waals surface area contributed by atoms with Crippen molar-refractivity contribution in [3.63, 3.8) is 0 Å². The number of benzene rings is 2. The maximum absolute atomic E-state index is 5.75. The molecule has 2 aromatic carbocycles. The molecule has 27 heavy (non-hydrogen) atoms. The molecule has 0 saturated carbocycles. The molecule has 0 unspecified atom stereocenters. The number of hydrogen-bond donors (Lipinski definition) is 0. The number of hydrogen-bond acceptors (Lipinski definition) is 4. The summed E-state index contributed by atoms with van der Waals surface area (Å²) in [6.45, 7) is 0. The van der Waals surface area contributed by atoms with Crippen LogP contribution >= 0.6 is 42.3 Å². The van der Waals surface area contributed by atoms with Crippen LogP contribution in [0.5, 0.6) is 0 Å². The van der Waals surface area contributed by atoms with Crippen LogP contribution in [0.3, 0.4) is 0 Å². The number of rotatable bonds is 6. The third-order valence-corrected chi connectivity index (χ3v) is 31.8. The average Bonchev–Trinajstić information content (AvgIpc) is 2.63. The third-order valence-electron chi connectivity index (χ3n) is 3.91. The second-order valence-electron chi connectivity index (χ2n) is 6.76. The van der Waals surface area contributed by atoms with E-state index in [-0.39, 0.29) is 0 Å². The molecule has 0 radical (unpaired) electrons. The van der Waals surface area contributed by atoms with Gasteiger partial charge in [-0.05, 0) is 0 Å². The normalized spacial score (nSPS) is 11.1. The molecule has 0 N–H and O–H groups in total. The first-order chi connectivity index (χ1) is 12.8. The summed E-state index contributed by atoms with van der Waals surface area (Å²) in [7, 11) is 12.0. The number of thiocarbonyl (C=S) groups is 2. The summed E-state index contributed by atoms with van der Waals surface area (Å²) in [4.78, 5) is 4.11. The van der Waals surface area contributed by atoms with Gasteiger partial charge >= 0.3 is 185 Å². The van der Waals surface area contributed by atoms with Gasteiger partial charge in [-0.15, -0.1) is 0 Å². The summed E-state index contributed by atoms with van der Waals surface area (Å²) in [6.07, 6.45) is 0. The summed E-state index contributed by atoms with van der Waals surface area (Å²) in [5.74, 6) is 0. The van der Waals surface area contributed by atoms with E-state index in [2.05, 4.69) is 70.5 Å². The van der Waals surface area contributed by atoms with E-state index < -0.39 is 15.6 Å². The molecule has 0 bridgehead atoms. The fourth-order valence-corrected chi connectivity index (χ4v) is 37.6. The van der Waals surface area contributed by atoms with Crippen LogP contribution in [0, 0.1) is 0 Å². The predicted octanol–water partition coefficient (Wildman–Crippen LogP) is 5.15. The summed E-state index contributed by atoms with van der Waals surface area (Å²) in [5, 5.41) is 0.